The lowest BCUT2D eigenvalue weighted by Gasteiger charge is -2.20. The molecule has 1 aliphatic carbocycles. The Morgan fingerprint density at radius 1 is 0.844 bits per heavy atom. The molecule has 5 aromatic rings. The Balaban J connectivity index is 1.71. The summed E-state index contributed by atoms with van der Waals surface area (Å²) in [4.78, 5) is 9.14. The van der Waals surface area contributed by atoms with E-state index in [1.54, 1.807) is 0 Å². The number of benzene rings is 2. The maximum Gasteiger partial charge on any atom is 0.145 e. The number of nitrogens with zero attached hydrogens (tertiary/aromatic N) is 2. The lowest BCUT2D eigenvalue weighted by atomic mass is 9.83. The summed E-state index contributed by atoms with van der Waals surface area (Å²) in [6.45, 7) is 11.1. The molecule has 0 saturated carbocycles. The number of hydrogen-bond acceptors (Lipinski definition) is 3. The molecular formula is C29H26N2O. The molecule has 2 aromatic carbocycles. The normalized spacial score (nSPS) is 14.3. The Hall–Kier alpha value is -3.46. The highest BCUT2D eigenvalue weighted by Gasteiger charge is 2.38. The third-order valence-electron chi connectivity index (χ3n) is 7.16. The van der Waals surface area contributed by atoms with Gasteiger partial charge in [-0.3, -0.25) is 9.97 Å². The van der Waals surface area contributed by atoms with Crippen LogP contribution in [0.4, 0.5) is 0 Å². The van der Waals surface area contributed by atoms with Crippen LogP contribution in [0.15, 0.2) is 65.5 Å². The van der Waals surface area contributed by atoms with E-state index in [4.69, 9.17) is 9.40 Å². The molecule has 3 nitrogen and oxygen atoms in total. The monoisotopic (exact) mass is 418 g/mol. The first-order valence-electron chi connectivity index (χ1n) is 11.3. The Labute approximate surface area is 188 Å². The molecule has 0 fully saturated rings. The van der Waals surface area contributed by atoms with Crippen molar-refractivity contribution < 1.29 is 4.42 Å². The van der Waals surface area contributed by atoms with Crippen LogP contribution in [-0.4, -0.2) is 9.97 Å². The van der Waals surface area contributed by atoms with E-state index in [1.807, 2.05) is 18.6 Å². The molecule has 0 amide bonds. The van der Waals surface area contributed by atoms with Crippen molar-refractivity contribution in [1.29, 1.82) is 0 Å². The molecular weight excluding hydrogens is 392 g/mol. The second-order valence-corrected chi connectivity index (χ2v) is 9.78. The zero-order chi connectivity index (χ0) is 22.2. The summed E-state index contributed by atoms with van der Waals surface area (Å²) >= 11 is 0. The van der Waals surface area contributed by atoms with Crippen LogP contribution in [0.2, 0.25) is 0 Å². The first-order chi connectivity index (χ1) is 15.4. The van der Waals surface area contributed by atoms with Crippen LogP contribution in [0.5, 0.6) is 0 Å². The van der Waals surface area contributed by atoms with Crippen molar-refractivity contribution in [1.82, 2.24) is 9.97 Å². The first-order valence-corrected chi connectivity index (χ1v) is 11.3. The van der Waals surface area contributed by atoms with Gasteiger partial charge in [-0.25, -0.2) is 0 Å². The Kier molecular flexibility index (Phi) is 3.92. The highest BCUT2D eigenvalue weighted by atomic mass is 16.3. The van der Waals surface area contributed by atoms with E-state index in [2.05, 4.69) is 82.1 Å². The fourth-order valence-electron chi connectivity index (χ4n) is 5.31. The fraction of sp³-hybridized carbons (Fsp3) is 0.241. The largest absolute Gasteiger partial charge is 0.455 e. The minimum atomic E-state index is -0.0992. The van der Waals surface area contributed by atoms with Gasteiger partial charge in [0.2, 0.25) is 0 Å². The van der Waals surface area contributed by atoms with Crippen LogP contribution in [-0.2, 0) is 5.41 Å². The maximum absolute atomic E-state index is 6.75. The number of aromatic nitrogens is 2. The molecule has 0 unspecified atom stereocenters. The van der Waals surface area contributed by atoms with Crippen LogP contribution in [0, 0.1) is 6.92 Å². The van der Waals surface area contributed by atoms with Crippen molar-refractivity contribution in [3.8, 4) is 22.4 Å². The van der Waals surface area contributed by atoms with Gasteiger partial charge < -0.3 is 4.42 Å². The molecule has 0 aliphatic heterocycles. The smallest absolute Gasteiger partial charge is 0.145 e. The fourth-order valence-corrected chi connectivity index (χ4v) is 5.31. The van der Waals surface area contributed by atoms with Crippen LogP contribution in [0.1, 0.15) is 55.9 Å². The van der Waals surface area contributed by atoms with E-state index in [1.165, 1.54) is 33.4 Å². The summed E-state index contributed by atoms with van der Waals surface area (Å²) in [5, 5.41) is 2.29. The molecule has 3 heterocycles. The summed E-state index contributed by atoms with van der Waals surface area (Å²) in [6.07, 6.45) is 5.79. The minimum Gasteiger partial charge on any atom is -0.455 e. The predicted octanol–water partition coefficient (Wildman–Crippen LogP) is 7.78. The van der Waals surface area contributed by atoms with Crippen LogP contribution in [0.3, 0.4) is 0 Å². The van der Waals surface area contributed by atoms with Crippen molar-refractivity contribution >= 4 is 21.9 Å². The molecule has 0 bridgehead atoms. The Morgan fingerprint density at radius 3 is 2.38 bits per heavy atom. The molecule has 3 heteroatoms. The summed E-state index contributed by atoms with van der Waals surface area (Å²) in [7, 11) is 0. The SMILES string of the molecule is Cc1ccc2c(oc3c4c(ccc32)C(C)(C)c2cnccc2-4)c1-c1cc(C(C)C)ccn1. The molecule has 32 heavy (non-hydrogen) atoms. The predicted molar refractivity (Wildman–Crippen MR) is 131 cm³/mol. The molecule has 1 aliphatic rings. The Morgan fingerprint density at radius 2 is 1.59 bits per heavy atom. The van der Waals surface area contributed by atoms with Crippen molar-refractivity contribution in [2.45, 2.75) is 46.0 Å². The number of hydrogen-bond donors (Lipinski definition) is 0. The Bertz CT molecular complexity index is 1540. The molecule has 0 saturated heterocycles. The number of aryl methyl sites for hydroxylation is 1. The molecule has 0 spiro atoms. The van der Waals surface area contributed by atoms with Crippen LogP contribution in [0.25, 0.3) is 44.3 Å². The molecule has 6 rings (SSSR count). The van der Waals surface area contributed by atoms with Crippen LogP contribution >= 0.6 is 0 Å². The molecule has 0 N–H and O–H groups in total. The molecule has 158 valence electrons. The second kappa shape index (κ2) is 6.52. The van der Waals surface area contributed by atoms with Gasteiger partial charge in [-0.2, -0.15) is 0 Å². The van der Waals surface area contributed by atoms with Gasteiger partial charge in [-0.05, 0) is 58.9 Å². The third kappa shape index (κ3) is 2.48. The molecule has 0 radical (unpaired) electrons. The average Bonchev–Trinajstić information content (AvgIpc) is 3.27. The van der Waals surface area contributed by atoms with Crippen molar-refractivity contribution in [2.24, 2.45) is 0 Å². The van der Waals surface area contributed by atoms with Gasteiger partial charge >= 0.3 is 0 Å². The second-order valence-electron chi connectivity index (χ2n) is 9.78. The lowest BCUT2D eigenvalue weighted by Crippen LogP contribution is -2.14. The first kappa shape index (κ1) is 19.2. The van der Waals surface area contributed by atoms with Gasteiger partial charge in [0.1, 0.15) is 11.2 Å². The summed E-state index contributed by atoms with van der Waals surface area (Å²) < 4.78 is 6.75. The highest BCUT2D eigenvalue weighted by molar-refractivity contribution is 6.14. The van der Waals surface area contributed by atoms with Gasteiger partial charge in [-0.1, -0.05) is 52.0 Å². The van der Waals surface area contributed by atoms with E-state index in [9.17, 15) is 0 Å². The van der Waals surface area contributed by atoms with Gasteiger partial charge in [0, 0.05) is 45.9 Å². The molecule has 3 aromatic heterocycles. The minimum absolute atomic E-state index is 0.0992. The van der Waals surface area contributed by atoms with E-state index in [-0.39, 0.29) is 5.41 Å². The number of fused-ring (bicyclic) bond motifs is 7. The van der Waals surface area contributed by atoms with Crippen molar-refractivity contribution in [3.63, 3.8) is 0 Å². The average molecular weight is 419 g/mol. The van der Waals surface area contributed by atoms with Crippen molar-refractivity contribution in [3.05, 3.63) is 83.3 Å². The van der Waals surface area contributed by atoms with E-state index in [0.29, 0.717) is 5.92 Å². The molecule has 0 atom stereocenters. The zero-order valence-corrected chi connectivity index (χ0v) is 19.2. The topological polar surface area (TPSA) is 38.9 Å². The highest BCUT2D eigenvalue weighted by Crippen LogP contribution is 2.52. The van der Waals surface area contributed by atoms with E-state index >= 15 is 0 Å². The van der Waals surface area contributed by atoms with E-state index in [0.717, 1.165) is 33.2 Å². The van der Waals surface area contributed by atoms with Gasteiger partial charge in [0.05, 0.1) is 5.69 Å². The van der Waals surface area contributed by atoms with Crippen LogP contribution < -0.4 is 0 Å². The summed E-state index contributed by atoms with van der Waals surface area (Å²) in [6, 6.07) is 15.3. The van der Waals surface area contributed by atoms with Gasteiger partial charge in [-0.15, -0.1) is 0 Å². The standard InChI is InChI=1S/C29H26N2O/c1-16(2)18-10-13-31-24(14-18)25-17(3)6-7-19-20-8-9-22-26(28(20)32-27(19)25)21-11-12-30-15-23(21)29(22,4)5/h6-16H,1-5H3. The number of pyridine rings is 2. The third-order valence-corrected chi connectivity index (χ3v) is 7.16. The number of rotatable bonds is 2. The van der Waals surface area contributed by atoms with Gasteiger partial charge in [0.25, 0.3) is 0 Å². The number of furan rings is 1. The van der Waals surface area contributed by atoms with E-state index < -0.39 is 0 Å². The van der Waals surface area contributed by atoms with Gasteiger partial charge in [0.15, 0.2) is 0 Å². The lowest BCUT2D eigenvalue weighted by molar-refractivity contribution is 0.651. The quantitative estimate of drug-likeness (QED) is 0.294. The maximum atomic E-state index is 6.75. The summed E-state index contributed by atoms with van der Waals surface area (Å²) in [5.74, 6) is 0.447. The zero-order valence-electron chi connectivity index (χ0n) is 19.2. The summed E-state index contributed by atoms with van der Waals surface area (Å²) in [5.41, 5.74) is 11.3. The van der Waals surface area contributed by atoms with Crippen molar-refractivity contribution in [2.75, 3.05) is 0 Å².